The van der Waals surface area contributed by atoms with Crippen molar-refractivity contribution in [1.82, 2.24) is 4.98 Å². The van der Waals surface area contributed by atoms with E-state index in [1.165, 1.54) is 6.20 Å². The Morgan fingerprint density at radius 3 is 2.47 bits per heavy atom. The molecule has 1 heterocycles. The Bertz CT molecular complexity index is 547. The molecule has 6 nitrogen and oxygen atoms in total. The van der Waals surface area contributed by atoms with E-state index in [9.17, 15) is 16.8 Å². The zero-order valence-electron chi connectivity index (χ0n) is 7.47. The Morgan fingerprint density at radius 1 is 1.47 bits per heavy atom. The molecule has 0 aliphatic heterocycles. The summed E-state index contributed by atoms with van der Waals surface area (Å²) in [6, 6.07) is 0. The van der Waals surface area contributed by atoms with Crippen LogP contribution in [-0.4, -0.2) is 33.2 Å². The second-order valence-corrected chi connectivity index (χ2v) is 9.37. The van der Waals surface area contributed by atoms with Gasteiger partial charge in [-0.1, -0.05) is 11.3 Å². The summed E-state index contributed by atoms with van der Waals surface area (Å²) in [6.45, 7) is 0. The first kappa shape index (κ1) is 12.9. The van der Waals surface area contributed by atoms with E-state index in [0.29, 0.717) is 3.79 Å². The van der Waals surface area contributed by atoms with Crippen LogP contribution in [0.4, 0.5) is 5.13 Å². The number of anilines is 1. The topological polar surface area (TPSA) is 93.2 Å². The number of nitrogens with one attached hydrogen (secondary N) is 1. The van der Waals surface area contributed by atoms with Crippen LogP contribution in [0.15, 0.2) is 9.98 Å². The van der Waals surface area contributed by atoms with Crippen LogP contribution in [0.25, 0.3) is 0 Å². The maximum absolute atomic E-state index is 11.3. The van der Waals surface area contributed by atoms with Crippen LogP contribution in [-0.2, 0) is 19.9 Å². The molecule has 0 radical (unpaired) electrons. The molecule has 0 saturated carbocycles. The quantitative estimate of drug-likeness (QED) is 0.872. The van der Waals surface area contributed by atoms with E-state index in [2.05, 4.69) is 25.6 Å². The second kappa shape index (κ2) is 4.36. The van der Waals surface area contributed by atoms with E-state index in [1.54, 1.807) is 0 Å². The fraction of sp³-hybridized carbons (Fsp3) is 0.400. The Morgan fingerprint density at radius 2 is 2.07 bits per heavy atom. The molecule has 1 rings (SSSR count). The number of halogens is 1. The van der Waals surface area contributed by atoms with E-state index >= 15 is 0 Å². The third-order valence-electron chi connectivity index (χ3n) is 1.09. The van der Waals surface area contributed by atoms with Crippen molar-refractivity contribution in [2.45, 2.75) is 0 Å². The summed E-state index contributed by atoms with van der Waals surface area (Å²) >= 11 is 4.17. The van der Waals surface area contributed by atoms with Crippen molar-refractivity contribution in [1.29, 1.82) is 0 Å². The van der Waals surface area contributed by atoms with Crippen molar-refractivity contribution in [2.75, 3.05) is 16.1 Å². The first-order valence-corrected chi connectivity index (χ1v) is 8.80. The van der Waals surface area contributed by atoms with Gasteiger partial charge in [-0.3, -0.25) is 4.72 Å². The maximum Gasteiger partial charge on any atom is 0.248 e. The number of sulfone groups is 1. The van der Waals surface area contributed by atoms with Gasteiger partial charge in [0.2, 0.25) is 10.0 Å². The van der Waals surface area contributed by atoms with Crippen LogP contribution in [0.3, 0.4) is 0 Å². The van der Waals surface area contributed by atoms with Crippen molar-refractivity contribution in [3.63, 3.8) is 0 Å². The summed E-state index contributed by atoms with van der Waals surface area (Å²) in [4.78, 5) is 3.72. The average Bonchev–Trinajstić information content (AvgIpc) is 2.27. The Balaban J connectivity index is 2.82. The van der Waals surface area contributed by atoms with Gasteiger partial charge in [-0.15, -0.1) is 0 Å². The van der Waals surface area contributed by atoms with Crippen LogP contribution >= 0.6 is 27.3 Å². The van der Waals surface area contributed by atoms with Gasteiger partial charge in [0, 0.05) is 6.26 Å². The summed E-state index contributed by atoms with van der Waals surface area (Å²) in [5, 5.41) is -0.817. The highest BCUT2D eigenvalue weighted by atomic mass is 79.9. The Kier molecular flexibility index (Phi) is 3.74. The molecule has 0 fully saturated rings. The fourth-order valence-corrected chi connectivity index (χ4v) is 5.06. The van der Waals surface area contributed by atoms with Gasteiger partial charge in [0.1, 0.15) is 0 Å². The molecule has 0 amide bonds. The van der Waals surface area contributed by atoms with E-state index in [4.69, 9.17) is 0 Å². The van der Waals surface area contributed by atoms with Gasteiger partial charge in [0.25, 0.3) is 0 Å². The smallest absolute Gasteiger partial charge is 0.248 e. The molecule has 10 heteroatoms. The first-order chi connectivity index (χ1) is 6.68. The molecule has 1 N–H and O–H groups in total. The third-order valence-corrected chi connectivity index (χ3v) is 6.07. The summed E-state index contributed by atoms with van der Waals surface area (Å²) in [6.07, 6.45) is 2.27. The van der Waals surface area contributed by atoms with Crippen LogP contribution in [0.1, 0.15) is 0 Å². The summed E-state index contributed by atoms with van der Waals surface area (Å²) in [5.41, 5.74) is 0. The largest absolute Gasteiger partial charge is 0.258 e. The van der Waals surface area contributed by atoms with Crippen LogP contribution in [0, 0.1) is 0 Å². The highest BCUT2D eigenvalue weighted by Gasteiger charge is 2.19. The van der Waals surface area contributed by atoms with Crippen LogP contribution in [0.2, 0.25) is 0 Å². The molecule has 0 atom stereocenters. The van der Waals surface area contributed by atoms with E-state index < -0.39 is 24.9 Å². The zero-order valence-corrected chi connectivity index (χ0v) is 11.5. The molecule has 15 heavy (non-hydrogen) atoms. The SMILES string of the molecule is CS(=O)(=O)CS(=O)(=O)Nc1ncc(Br)s1. The second-order valence-electron chi connectivity index (χ2n) is 2.73. The van der Waals surface area contributed by atoms with Crippen LogP contribution < -0.4 is 4.72 Å². The summed E-state index contributed by atoms with van der Waals surface area (Å²) < 4.78 is 46.9. The molecule has 0 unspecified atom stereocenters. The van der Waals surface area contributed by atoms with Gasteiger partial charge in [-0.25, -0.2) is 21.8 Å². The average molecular weight is 335 g/mol. The standard InChI is InChI=1S/C5H7BrN2O4S3/c1-14(9,10)3-15(11,12)8-5-7-2-4(6)13-5/h2H,3H2,1H3,(H,7,8). The minimum atomic E-state index is -3.89. The molecule has 0 spiro atoms. The maximum atomic E-state index is 11.3. The van der Waals surface area contributed by atoms with E-state index in [0.717, 1.165) is 17.6 Å². The van der Waals surface area contributed by atoms with Gasteiger partial charge >= 0.3 is 0 Å². The van der Waals surface area contributed by atoms with Gasteiger partial charge in [0.05, 0.1) is 9.98 Å². The molecular weight excluding hydrogens is 328 g/mol. The van der Waals surface area contributed by atoms with Gasteiger partial charge in [0.15, 0.2) is 20.1 Å². The molecule has 86 valence electrons. The van der Waals surface area contributed by atoms with Crippen LogP contribution in [0.5, 0.6) is 0 Å². The van der Waals surface area contributed by atoms with Crippen molar-refractivity contribution in [2.24, 2.45) is 0 Å². The van der Waals surface area contributed by atoms with Gasteiger partial charge in [-0.05, 0) is 15.9 Å². The first-order valence-electron chi connectivity index (χ1n) is 3.47. The number of thiazole rings is 1. The lowest BCUT2D eigenvalue weighted by Gasteiger charge is -2.02. The Labute approximate surface area is 99.8 Å². The van der Waals surface area contributed by atoms with Crippen molar-refractivity contribution >= 4 is 52.3 Å². The minimum Gasteiger partial charge on any atom is -0.258 e. The lowest BCUT2D eigenvalue weighted by atomic mass is 11.0. The number of hydrogen-bond donors (Lipinski definition) is 1. The van der Waals surface area contributed by atoms with Gasteiger partial charge < -0.3 is 0 Å². The lowest BCUT2D eigenvalue weighted by Crippen LogP contribution is -2.22. The summed E-state index contributed by atoms with van der Waals surface area (Å²) in [7, 11) is -7.47. The molecule has 0 aromatic carbocycles. The molecular formula is C5H7BrN2O4S3. The summed E-state index contributed by atoms with van der Waals surface area (Å²) in [5.74, 6) is 0. The number of nitrogens with zero attached hydrogens (tertiary/aromatic N) is 1. The normalized spacial score (nSPS) is 12.7. The number of hydrogen-bond acceptors (Lipinski definition) is 6. The highest BCUT2D eigenvalue weighted by Crippen LogP contribution is 2.23. The molecule has 0 saturated heterocycles. The monoisotopic (exact) mass is 334 g/mol. The number of aromatic nitrogens is 1. The fourth-order valence-electron chi connectivity index (χ4n) is 0.746. The predicted octanol–water partition coefficient (Wildman–Crippen LogP) is 0.649. The third kappa shape index (κ3) is 4.91. The van der Waals surface area contributed by atoms with E-state index in [-0.39, 0.29) is 5.13 Å². The van der Waals surface area contributed by atoms with E-state index in [1.807, 2.05) is 0 Å². The van der Waals surface area contributed by atoms with Crippen molar-refractivity contribution in [3.05, 3.63) is 9.98 Å². The van der Waals surface area contributed by atoms with Gasteiger partial charge in [-0.2, -0.15) is 0 Å². The molecule has 1 aromatic rings. The van der Waals surface area contributed by atoms with Crippen molar-refractivity contribution < 1.29 is 16.8 Å². The van der Waals surface area contributed by atoms with Crippen molar-refractivity contribution in [3.8, 4) is 0 Å². The number of sulfonamides is 1. The molecule has 0 aliphatic rings. The zero-order chi connectivity index (χ0) is 11.7. The highest BCUT2D eigenvalue weighted by molar-refractivity contribution is 9.11. The molecule has 0 aliphatic carbocycles. The minimum absolute atomic E-state index is 0.130. The molecule has 0 bridgehead atoms. The molecule has 1 aromatic heterocycles. The lowest BCUT2D eigenvalue weighted by molar-refractivity contribution is 0.595. The Hall–Kier alpha value is -0.190. The predicted molar refractivity (Wildman–Crippen MR) is 62.1 cm³/mol. The number of rotatable bonds is 4.